The Morgan fingerprint density at radius 1 is 0.967 bits per heavy atom. The maximum atomic E-state index is 12.8. The van der Waals surface area contributed by atoms with Crippen LogP contribution in [-0.4, -0.2) is 41.8 Å². The maximum Gasteiger partial charge on any atom is 0.259 e. The van der Waals surface area contributed by atoms with E-state index in [4.69, 9.17) is 14.2 Å². The summed E-state index contributed by atoms with van der Waals surface area (Å²) in [6.45, 7) is 0. The average molecular weight is 404 g/mol. The van der Waals surface area contributed by atoms with Crippen molar-refractivity contribution in [2.24, 2.45) is 0 Å². The number of ether oxygens (including phenoxy) is 3. The summed E-state index contributed by atoms with van der Waals surface area (Å²) in [5.74, 6) is 1.26. The van der Waals surface area contributed by atoms with E-state index in [9.17, 15) is 4.79 Å². The molecular weight excluding hydrogens is 384 g/mol. The van der Waals surface area contributed by atoms with Gasteiger partial charge in [-0.3, -0.25) is 4.79 Å². The highest BCUT2D eigenvalue weighted by molar-refractivity contribution is 6.06. The molecule has 2 aromatic heterocycles. The van der Waals surface area contributed by atoms with Crippen molar-refractivity contribution < 1.29 is 19.0 Å². The fourth-order valence-electron chi connectivity index (χ4n) is 3.05. The lowest BCUT2D eigenvalue weighted by molar-refractivity contribution is 0.102. The van der Waals surface area contributed by atoms with E-state index in [1.807, 2.05) is 36.5 Å². The molecule has 0 bridgehead atoms. The lowest BCUT2D eigenvalue weighted by Gasteiger charge is -2.11. The van der Waals surface area contributed by atoms with Gasteiger partial charge in [0.1, 0.15) is 11.5 Å². The van der Waals surface area contributed by atoms with Crippen molar-refractivity contribution in [1.82, 2.24) is 14.6 Å². The maximum absolute atomic E-state index is 12.8. The van der Waals surface area contributed by atoms with Gasteiger partial charge in [-0.25, -0.2) is 9.50 Å². The van der Waals surface area contributed by atoms with Crippen molar-refractivity contribution in [3.05, 3.63) is 66.4 Å². The third-order valence-electron chi connectivity index (χ3n) is 4.57. The molecule has 152 valence electrons. The lowest BCUT2D eigenvalue weighted by atomic mass is 10.1. The van der Waals surface area contributed by atoms with E-state index in [-0.39, 0.29) is 5.91 Å². The van der Waals surface area contributed by atoms with E-state index < -0.39 is 0 Å². The number of fused-ring (bicyclic) bond motifs is 1. The molecule has 8 nitrogen and oxygen atoms in total. The number of nitrogens with one attached hydrogen (secondary N) is 1. The van der Waals surface area contributed by atoms with Crippen LogP contribution in [0.4, 0.5) is 5.69 Å². The molecule has 0 saturated carbocycles. The Morgan fingerprint density at radius 3 is 2.60 bits per heavy atom. The standard InChI is InChI=1S/C22H20N4O4/c1-28-16-7-8-17(19(12-16)29-2)22(27)23-15-6-4-5-14(11-15)18-13-26-20(24-18)9-10-21(25-26)30-3/h4-13H,1-3H3,(H,23,27). The first-order chi connectivity index (χ1) is 14.6. The van der Waals surface area contributed by atoms with E-state index in [2.05, 4.69) is 15.4 Å². The predicted octanol–water partition coefficient (Wildman–Crippen LogP) is 3.67. The molecule has 0 fully saturated rings. The molecule has 0 aliphatic carbocycles. The Hall–Kier alpha value is -4.07. The number of benzene rings is 2. The summed E-state index contributed by atoms with van der Waals surface area (Å²) in [6, 6.07) is 16.1. The van der Waals surface area contributed by atoms with Crippen LogP contribution in [0.3, 0.4) is 0 Å². The number of methoxy groups -OCH3 is 3. The van der Waals surface area contributed by atoms with Crippen molar-refractivity contribution in [2.45, 2.75) is 0 Å². The van der Waals surface area contributed by atoms with E-state index in [1.54, 1.807) is 43.0 Å². The third-order valence-corrected chi connectivity index (χ3v) is 4.57. The first kappa shape index (κ1) is 19.3. The van der Waals surface area contributed by atoms with Crippen LogP contribution in [0.2, 0.25) is 0 Å². The Bertz CT molecular complexity index is 1220. The van der Waals surface area contributed by atoms with Gasteiger partial charge in [0, 0.05) is 23.4 Å². The number of nitrogens with zero attached hydrogens (tertiary/aromatic N) is 3. The minimum absolute atomic E-state index is 0.284. The van der Waals surface area contributed by atoms with Crippen molar-refractivity contribution in [1.29, 1.82) is 0 Å². The van der Waals surface area contributed by atoms with Gasteiger partial charge in [-0.2, -0.15) is 0 Å². The van der Waals surface area contributed by atoms with Crippen molar-refractivity contribution in [3.8, 4) is 28.6 Å². The van der Waals surface area contributed by atoms with Gasteiger partial charge in [0.25, 0.3) is 5.91 Å². The Balaban J connectivity index is 1.60. The molecule has 4 aromatic rings. The Labute approximate surface area is 173 Å². The van der Waals surface area contributed by atoms with Gasteiger partial charge in [-0.05, 0) is 30.3 Å². The summed E-state index contributed by atoms with van der Waals surface area (Å²) < 4.78 is 17.3. The molecule has 30 heavy (non-hydrogen) atoms. The number of hydrogen-bond acceptors (Lipinski definition) is 6. The molecular formula is C22H20N4O4. The topological polar surface area (TPSA) is 87.0 Å². The van der Waals surface area contributed by atoms with Crippen LogP contribution < -0.4 is 19.5 Å². The zero-order valence-corrected chi connectivity index (χ0v) is 16.7. The Morgan fingerprint density at radius 2 is 1.83 bits per heavy atom. The second kappa shape index (κ2) is 8.12. The number of amides is 1. The minimum atomic E-state index is -0.284. The van der Waals surface area contributed by atoms with Gasteiger partial charge >= 0.3 is 0 Å². The van der Waals surface area contributed by atoms with Crippen LogP contribution in [0.25, 0.3) is 16.9 Å². The quantitative estimate of drug-likeness (QED) is 0.528. The first-order valence-electron chi connectivity index (χ1n) is 9.15. The molecule has 4 rings (SSSR count). The summed E-state index contributed by atoms with van der Waals surface area (Å²) in [4.78, 5) is 17.4. The summed E-state index contributed by atoms with van der Waals surface area (Å²) in [6.07, 6.45) is 1.81. The number of aromatic nitrogens is 3. The minimum Gasteiger partial charge on any atom is -0.497 e. The monoisotopic (exact) mass is 404 g/mol. The molecule has 0 aliphatic heterocycles. The van der Waals surface area contributed by atoms with Crippen LogP contribution in [0.1, 0.15) is 10.4 Å². The smallest absolute Gasteiger partial charge is 0.259 e. The van der Waals surface area contributed by atoms with Gasteiger partial charge < -0.3 is 19.5 Å². The molecule has 0 saturated heterocycles. The third kappa shape index (κ3) is 3.75. The summed E-state index contributed by atoms with van der Waals surface area (Å²) >= 11 is 0. The molecule has 2 aromatic carbocycles. The van der Waals surface area contributed by atoms with Crippen molar-refractivity contribution in [2.75, 3.05) is 26.6 Å². The molecule has 2 heterocycles. The SMILES string of the molecule is COc1ccc(C(=O)Nc2cccc(-c3cn4nc(OC)ccc4n3)c2)c(OC)c1. The summed E-state index contributed by atoms with van der Waals surface area (Å²) in [7, 11) is 4.64. The number of anilines is 1. The van der Waals surface area contributed by atoms with Crippen molar-refractivity contribution >= 4 is 17.2 Å². The van der Waals surface area contributed by atoms with E-state index >= 15 is 0 Å². The largest absolute Gasteiger partial charge is 0.497 e. The van der Waals surface area contributed by atoms with E-state index in [1.165, 1.54) is 7.11 Å². The number of rotatable bonds is 6. The normalized spacial score (nSPS) is 10.6. The average Bonchev–Trinajstić information content (AvgIpc) is 3.22. The summed E-state index contributed by atoms with van der Waals surface area (Å²) in [5, 5.41) is 7.22. The van der Waals surface area contributed by atoms with Crippen LogP contribution >= 0.6 is 0 Å². The second-order valence-corrected chi connectivity index (χ2v) is 6.41. The van der Waals surface area contributed by atoms with Crippen LogP contribution in [0, 0.1) is 0 Å². The van der Waals surface area contributed by atoms with Gasteiger partial charge in [0.05, 0.1) is 38.8 Å². The van der Waals surface area contributed by atoms with Crippen LogP contribution in [-0.2, 0) is 0 Å². The fourth-order valence-corrected chi connectivity index (χ4v) is 3.05. The number of carbonyl (C=O) groups excluding carboxylic acids is 1. The molecule has 1 N–H and O–H groups in total. The lowest BCUT2D eigenvalue weighted by Crippen LogP contribution is -2.13. The molecule has 8 heteroatoms. The van der Waals surface area contributed by atoms with Crippen LogP contribution in [0.15, 0.2) is 60.8 Å². The highest BCUT2D eigenvalue weighted by Crippen LogP contribution is 2.27. The van der Waals surface area contributed by atoms with Gasteiger partial charge in [0.2, 0.25) is 5.88 Å². The zero-order valence-electron chi connectivity index (χ0n) is 16.7. The highest BCUT2D eigenvalue weighted by Gasteiger charge is 2.14. The molecule has 0 spiro atoms. The fraction of sp³-hybridized carbons (Fsp3) is 0.136. The van der Waals surface area contributed by atoms with Crippen LogP contribution in [0.5, 0.6) is 17.4 Å². The van der Waals surface area contributed by atoms with Crippen molar-refractivity contribution in [3.63, 3.8) is 0 Å². The predicted molar refractivity (Wildman–Crippen MR) is 112 cm³/mol. The Kier molecular flexibility index (Phi) is 5.21. The van der Waals surface area contributed by atoms with E-state index in [0.29, 0.717) is 34.3 Å². The number of imidazole rings is 1. The van der Waals surface area contributed by atoms with Gasteiger partial charge in [-0.1, -0.05) is 12.1 Å². The number of hydrogen-bond donors (Lipinski definition) is 1. The second-order valence-electron chi connectivity index (χ2n) is 6.41. The summed E-state index contributed by atoms with van der Waals surface area (Å²) in [5.41, 5.74) is 3.32. The van der Waals surface area contributed by atoms with Gasteiger partial charge in [-0.15, -0.1) is 5.10 Å². The highest BCUT2D eigenvalue weighted by atomic mass is 16.5. The van der Waals surface area contributed by atoms with Gasteiger partial charge in [0.15, 0.2) is 5.65 Å². The molecule has 0 aliphatic rings. The molecule has 0 atom stereocenters. The molecule has 1 amide bonds. The number of carbonyl (C=O) groups is 1. The molecule has 0 radical (unpaired) electrons. The zero-order chi connectivity index (χ0) is 21.1. The first-order valence-corrected chi connectivity index (χ1v) is 9.15. The molecule has 0 unspecified atom stereocenters. The van der Waals surface area contributed by atoms with E-state index in [0.717, 1.165) is 11.3 Å².